The lowest BCUT2D eigenvalue weighted by molar-refractivity contribution is -0.0849. The van der Waals surface area contributed by atoms with E-state index in [1.807, 2.05) is 42.5 Å². The minimum atomic E-state index is -3.78. The van der Waals surface area contributed by atoms with Crippen LogP contribution in [-0.4, -0.2) is 48.6 Å². The third-order valence-electron chi connectivity index (χ3n) is 7.67. The lowest BCUT2D eigenvalue weighted by Crippen LogP contribution is -2.57. The van der Waals surface area contributed by atoms with Gasteiger partial charge in [0, 0.05) is 42.6 Å². The summed E-state index contributed by atoms with van der Waals surface area (Å²) in [7, 11) is -3.78. The van der Waals surface area contributed by atoms with Crippen molar-refractivity contribution in [3.63, 3.8) is 0 Å². The molecule has 2 fully saturated rings. The van der Waals surface area contributed by atoms with Gasteiger partial charge in [-0.2, -0.15) is 0 Å². The number of aromatic nitrogens is 1. The molecule has 190 valence electrons. The van der Waals surface area contributed by atoms with Crippen molar-refractivity contribution in [2.45, 2.75) is 61.1 Å². The van der Waals surface area contributed by atoms with Crippen molar-refractivity contribution >= 4 is 27.3 Å². The zero-order valence-corrected chi connectivity index (χ0v) is 21.8. The summed E-state index contributed by atoms with van der Waals surface area (Å²) >= 11 is 6.03. The van der Waals surface area contributed by atoms with Crippen molar-refractivity contribution in [1.82, 2.24) is 9.88 Å². The van der Waals surface area contributed by atoms with Crippen molar-refractivity contribution < 1.29 is 13.5 Å². The molecule has 2 heterocycles. The molecule has 2 unspecified atom stereocenters. The number of hydrogen-bond acceptors (Lipinski definition) is 5. The molecule has 0 radical (unpaired) electrons. The fourth-order valence-electron chi connectivity index (χ4n) is 5.87. The third kappa shape index (κ3) is 4.90. The van der Waals surface area contributed by atoms with Crippen LogP contribution in [0, 0.1) is 0 Å². The molecule has 3 aromatic rings. The molecule has 1 aliphatic carbocycles. The number of halogens is 1. The largest absolute Gasteiger partial charge is 0.384 e. The van der Waals surface area contributed by atoms with Crippen LogP contribution in [0.3, 0.4) is 0 Å². The monoisotopic (exact) mass is 525 g/mol. The average molecular weight is 526 g/mol. The molecule has 1 N–H and O–H groups in total. The van der Waals surface area contributed by atoms with E-state index in [-0.39, 0.29) is 17.0 Å². The van der Waals surface area contributed by atoms with E-state index in [1.165, 1.54) is 0 Å². The van der Waals surface area contributed by atoms with Crippen LogP contribution >= 0.6 is 11.6 Å². The van der Waals surface area contributed by atoms with Crippen molar-refractivity contribution in [2.75, 3.05) is 17.4 Å². The predicted molar refractivity (Wildman–Crippen MR) is 143 cm³/mol. The number of pyridine rings is 1. The van der Waals surface area contributed by atoms with E-state index in [2.05, 4.69) is 9.88 Å². The molecule has 0 spiro atoms. The average Bonchev–Trinajstić information content (AvgIpc) is 2.91. The smallest absolute Gasteiger partial charge is 0.264 e. The number of nitrogens with zero attached hydrogens (tertiary/aromatic N) is 3. The maximum absolute atomic E-state index is 13.8. The van der Waals surface area contributed by atoms with E-state index in [0.29, 0.717) is 23.6 Å². The quantitative estimate of drug-likeness (QED) is 0.477. The number of piperidine rings is 1. The van der Waals surface area contributed by atoms with Crippen LogP contribution in [0.4, 0.5) is 5.69 Å². The highest BCUT2D eigenvalue weighted by Crippen LogP contribution is 2.41. The third-order valence-corrected chi connectivity index (χ3v) is 9.82. The zero-order valence-electron chi connectivity index (χ0n) is 20.2. The first-order chi connectivity index (χ1) is 17.4. The molecule has 6 nitrogen and oxygen atoms in total. The Kier molecular flexibility index (Phi) is 7.35. The maximum Gasteiger partial charge on any atom is 0.264 e. The zero-order chi connectivity index (χ0) is 25.2. The minimum Gasteiger partial charge on any atom is -0.384 e. The first kappa shape index (κ1) is 25.2. The number of benzene rings is 2. The van der Waals surface area contributed by atoms with Crippen molar-refractivity contribution in [3.05, 3.63) is 89.7 Å². The van der Waals surface area contributed by atoms with Gasteiger partial charge in [-0.1, -0.05) is 42.6 Å². The summed E-state index contributed by atoms with van der Waals surface area (Å²) < 4.78 is 29.3. The maximum atomic E-state index is 13.8. The van der Waals surface area contributed by atoms with Crippen LogP contribution in [0.1, 0.15) is 44.1 Å². The minimum absolute atomic E-state index is 0.00708. The Hall–Kier alpha value is -2.45. The van der Waals surface area contributed by atoms with Crippen LogP contribution in [0.15, 0.2) is 84.0 Å². The molecule has 1 aromatic heterocycles. The van der Waals surface area contributed by atoms with E-state index in [9.17, 15) is 13.5 Å². The van der Waals surface area contributed by atoms with Gasteiger partial charge in [0.1, 0.15) is 5.60 Å². The van der Waals surface area contributed by atoms with E-state index >= 15 is 0 Å². The van der Waals surface area contributed by atoms with Crippen LogP contribution in [0.2, 0.25) is 5.02 Å². The number of para-hydroxylation sites is 1. The molecule has 5 rings (SSSR count). The molecule has 1 aliphatic heterocycles. The Morgan fingerprint density at radius 3 is 2.25 bits per heavy atom. The van der Waals surface area contributed by atoms with E-state index in [1.54, 1.807) is 41.0 Å². The molecule has 1 saturated heterocycles. The molecule has 36 heavy (non-hydrogen) atoms. The van der Waals surface area contributed by atoms with Gasteiger partial charge in [-0.05, 0) is 79.8 Å². The van der Waals surface area contributed by atoms with Gasteiger partial charge >= 0.3 is 0 Å². The van der Waals surface area contributed by atoms with Crippen molar-refractivity contribution in [2.24, 2.45) is 0 Å². The second-order valence-corrected chi connectivity index (χ2v) is 12.0. The molecular weight excluding hydrogens is 494 g/mol. The lowest BCUT2D eigenvalue weighted by Gasteiger charge is -2.49. The second kappa shape index (κ2) is 10.5. The standard InChI is InChI=1S/C28H32ClN3O3S/c29-23-9-11-26(12-10-23)36(34,35)32(24-6-2-1-3-7-24)25-15-20-31(21-16-25)27-8-4-5-17-28(27,33)22-13-18-30-19-14-22/h1-3,6-7,9-14,18-19,25,27,33H,4-5,8,15-17,20-21H2. The predicted octanol–water partition coefficient (Wildman–Crippen LogP) is 5.23. The molecule has 0 bridgehead atoms. The molecule has 8 heteroatoms. The number of hydrogen-bond donors (Lipinski definition) is 1. The summed E-state index contributed by atoms with van der Waals surface area (Å²) in [5.74, 6) is 0. The Labute approximate surface area is 218 Å². The molecule has 2 aliphatic rings. The number of anilines is 1. The highest BCUT2D eigenvalue weighted by Gasteiger charge is 2.45. The Morgan fingerprint density at radius 2 is 1.58 bits per heavy atom. The Bertz CT molecular complexity index is 1250. The van der Waals surface area contributed by atoms with Crippen LogP contribution in [0.25, 0.3) is 0 Å². The number of aliphatic hydroxyl groups is 1. The van der Waals surface area contributed by atoms with Crippen LogP contribution < -0.4 is 4.31 Å². The summed E-state index contributed by atoms with van der Waals surface area (Å²) in [6.45, 7) is 1.45. The van der Waals surface area contributed by atoms with Crippen LogP contribution in [-0.2, 0) is 15.6 Å². The normalized spacial score (nSPS) is 23.9. The first-order valence-corrected chi connectivity index (χ1v) is 14.4. The van der Waals surface area contributed by atoms with E-state index in [0.717, 1.165) is 44.3 Å². The summed E-state index contributed by atoms with van der Waals surface area (Å²) in [4.78, 5) is 6.73. The SMILES string of the molecule is O=S(=O)(c1ccc(Cl)cc1)N(c1ccccc1)C1CCN(C2CCCCC2(O)c2ccncc2)CC1. The molecule has 1 saturated carbocycles. The summed E-state index contributed by atoms with van der Waals surface area (Å²) in [6, 6.07) is 19.4. The number of sulfonamides is 1. The van der Waals surface area contributed by atoms with Crippen molar-refractivity contribution in [3.8, 4) is 0 Å². The molecule has 0 amide bonds. The molecular formula is C28H32ClN3O3S. The fraction of sp³-hybridized carbons (Fsp3) is 0.393. The van der Waals surface area contributed by atoms with E-state index < -0.39 is 15.6 Å². The number of rotatable bonds is 6. The van der Waals surface area contributed by atoms with Gasteiger partial charge in [-0.3, -0.25) is 14.2 Å². The van der Waals surface area contributed by atoms with Gasteiger partial charge < -0.3 is 5.11 Å². The number of likely N-dealkylation sites (tertiary alicyclic amines) is 1. The molecule has 2 atom stereocenters. The Balaban J connectivity index is 1.40. The van der Waals surface area contributed by atoms with Crippen molar-refractivity contribution in [1.29, 1.82) is 0 Å². The topological polar surface area (TPSA) is 73.7 Å². The van der Waals surface area contributed by atoms with Gasteiger partial charge in [-0.15, -0.1) is 0 Å². The van der Waals surface area contributed by atoms with Gasteiger partial charge in [0.2, 0.25) is 0 Å². The van der Waals surface area contributed by atoms with Crippen LogP contribution in [0.5, 0.6) is 0 Å². The summed E-state index contributed by atoms with van der Waals surface area (Å²) in [5.41, 5.74) is 0.667. The first-order valence-electron chi connectivity index (χ1n) is 12.6. The fourth-order valence-corrected chi connectivity index (χ4v) is 7.71. The van der Waals surface area contributed by atoms with E-state index in [4.69, 9.17) is 11.6 Å². The van der Waals surface area contributed by atoms with Gasteiger partial charge in [0.15, 0.2) is 0 Å². The highest BCUT2D eigenvalue weighted by molar-refractivity contribution is 7.92. The Morgan fingerprint density at radius 1 is 0.917 bits per heavy atom. The summed E-state index contributed by atoms with van der Waals surface area (Å²) in [5, 5.41) is 12.3. The lowest BCUT2D eigenvalue weighted by atomic mass is 9.74. The van der Waals surface area contributed by atoms with Gasteiger partial charge in [-0.25, -0.2) is 8.42 Å². The second-order valence-electron chi connectivity index (χ2n) is 9.78. The molecule has 2 aromatic carbocycles. The summed E-state index contributed by atoms with van der Waals surface area (Å²) in [6.07, 6.45) is 8.58. The highest BCUT2D eigenvalue weighted by atomic mass is 35.5. The van der Waals surface area contributed by atoms with Gasteiger partial charge in [0.25, 0.3) is 10.0 Å². The van der Waals surface area contributed by atoms with Gasteiger partial charge in [0.05, 0.1) is 10.6 Å².